The number of halogens is 2. The molecular formula is C21H27Cl2Zr-. The average molecular weight is 442 g/mol. The van der Waals surface area contributed by atoms with Crippen LogP contribution >= 0.6 is 24.8 Å². The van der Waals surface area contributed by atoms with Crippen LogP contribution in [0.4, 0.5) is 0 Å². The third-order valence-corrected chi connectivity index (χ3v) is 4.44. The second-order valence-corrected chi connectivity index (χ2v) is 8.25. The molecule has 0 heterocycles. The number of rotatable bonds is 0. The van der Waals surface area contributed by atoms with Gasteiger partial charge in [0.1, 0.15) is 0 Å². The second-order valence-electron chi connectivity index (χ2n) is 8.25. The van der Waals surface area contributed by atoms with Crippen LogP contribution in [0.15, 0.2) is 42.5 Å². The Labute approximate surface area is 177 Å². The Morgan fingerprint density at radius 1 is 0.625 bits per heavy atom. The number of hydrogen-bond donors (Lipinski definition) is 0. The van der Waals surface area contributed by atoms with Gasteiger partial charge in [-0.25, -0.2) is 0 Å². The van der Waals surface area contributed by atoms with Crippen LogP contribution in [0, 0.1) is 0 Å². The van der Waals surface area contributed by atoms with Crippen molar-refractivity contribution in [2.45, 2.75) is 52.4 Å². The molecule has 0 aliphatic heterocycles. The summed E-state index contributed by atoms with van der Waals surface area (Å²) in [5.41, 5.74) is 3.21. The summed E-state index contributed by atoms with van der Waals surface area (Å²) < 4.78 is 0. The monoisotopic (exact) mass is 439 g/mol. The van der Waals surface area contributed by atoms with E-state index in [4.69, 9.17) is 0 Å². The van der Waals surface area contributed by atoms with Crippen LogP contribution in [-0.4, -0.2) is 0 Å². The Balaban J connectivity index is 0.00000176. The molecular weight excluding hydrogens is 414 g/mol. The van der Waals surface area contributed by atoms with Crippen molar-refractivity contribution < 1.29 is 26.2 Å². The van der Waals surface area contributed by atoms with Crippen LogP contribution < -0.4 is 0 Å². The van der Waals surface area contributed by atoms with E-state index in [9.17, 15) is 0 Å². The Bertz CT molecular complexity index is 749. The minimum absolute atomic E-state index is 0. The fourth-order valence-corrected chi connectivity index (χ4v) is 2.96. The van der Waals surface area contributed by atoms with E-state index in [2.05, 4.69) is 84.0 Å². The van der Waals surface area contributed by atoms with Crippen molar-refractivity contribution in [1.29, 1.82) is 0 Å². The van der Waals surface area contributed by atoms with Crippen molar-refractivity contribution in [3.05, 3.63) is 53.6 Å². The molecule has 0 unspecified atom stereocenters. The maximum absolute atomic E-state index is 2.35. The van der Waals surface area contributed by atoms with Crippen molar-refractivity contribution in [2.24, 2.45) is 0 Å². The van der Waals surface area contributed by atoms with Crippen molar-refractivity contribution in [1.82, 2.24) is 0 Å². The predicted molar refractivity (Wildman–Crippen MR) is 109 cm³/mol. The molecule has 0 aliphatic rings. The van der Waals surface area contributed by atoms with E-state index in [1.165, 1.54) is 32.7 Å². The fourth-order valence-electron chi connectivity index (χ4n) is 2.96. The number of benzene rings is 2. The zero-order chi connectivity index (χ0) is 15.4. The summed E-state index contributed by atoms with van der Waals surface area (Å²) >= 11 is 0. The van der Waals surface area contributed by atoms with E-state index >= 15 is 0 Å². The van der Waals surface area contributed by atoms with Gasteiger partial charge in [-0.05, 0) is 10.8 Å². The van der Waals surface area contributed by atoms with Crippen molar-refractivity contribution >= 4 is 46.4 Å². The van der Waals surface area contributed by atoms with Crippen LogP contribution in [0.1, 0.15) is 52.7 Å². The first kappa shape index (κ1) is 23.8. The number of fused-ring (bicyclic) bond motifs is 3. The Kier molecular flexibility index (Phi) is 7.91. The van der Waals surface area contributed by atoms with Crippen LogP contribution in [-0.2, 0) is 37.0 Å². The average Bonchev–Trinajstić information content (AvgIpc) is 2.73. The van der Waals surface area contributed by atoms with Crippen LogP contribution in [0.2, 0.25) is 0 Å². The van der Waals surface area contributed by atoms with Gasteiger partial charge in [-0.3, -0.25) is 0 Å². The van der Waals surface area contributed by atoms with Gasteiger partial charge in [0, 0.05) is 26.2 Å². The maximum atomic E-state index is 2.35. The van der Waals surface area contributed by atoms with E-state index < -0.39 is 0 Å². The summed E-state index contributed by atoms with van der Waals surface area (Å²) in [6.07, 6.45) is 0. The Morgan fingerprint density at radius 2 is 0.958 bits per heavy atom. The molecule has 0 saturated carbocycles. The smallest absolute Gasteiger partial charge is 0 e. The quantitative estimate of drug-likeness (QED) is 0.325. The summed E-state index contributed by atoms with van der Waals surface area (Å²) in [7, 11) is 0. The topological polar surface area (TPSA) is 0 Å². The molecule has 0 aromatic heterocycles. The third-order valence-electron chi connectivity index (χ3n) is 4.44. The van der Waals surface area contributed by atoms with Gasteiger partial charge in [0.2, 0.25) is 0 Å². The Morgan fingerprint density at radius 3 is 1.25 bits per heavy atom. The summed E-state index contributed by atoms with van der Waals surface area (Å²) in [5.74, 6) is 0. The minimum Gasteiger partial charge on any atom is -0.147 e. The molecule has 0 radical (unpaired) electrons. The van der Waals surface area contributed by atoms with Crippen LogP contribution in [0.25, 0.3) is 21.5 Å². The Hall–Kier alpha value is -0.227. The molecule has 3 heteroatoms. The normalized spacial score (nSPS) is 11.6. The largest absolute Gasteiger partial charge is 0.147 e. The minimum atomic E-state index is 0. The molecule has 3 rings (SSSR count). The molecule has 0 N–H and O–H groups in total. The summed E-state index contributed by atoms with van der Waals surface area (Å²) in [5, 5.41) is 5.48. The molecule has 0 bridgehead atoms. The fraction of sp³-hybridized carbons (Fsp3) is 0.381. The van der Waals surface area contributed by atoms with Crippen molar-refractivity contribution in [3.8, 4) is 0 Å². The van der Waals surface area contributed by atoms with Gasteiger partial charge >= 0.3 is 0 Å². The van der Waals surface area contributed by atoms with Gasteiger partial charge in [-0.2, -0.15) is 0 Å². The van der Waals surface area contributed by atoms with E-state index in [0.717, 1.165) is 0 Å². The first-order chi connectivity index (χ1) is 9.66. The standard InChI is InChI=1S/C21H25.2ClH.Zr/c1-20(2,3)16-7-9-18-14(12-16)11-15-13-17(21(4,5)6)8-10-19(15)18;;;/h7-13H,1-6H3;2*1H;/q-1;;;. The van der Waals surface area contributed by atoms with Crippen LogP contribution in [0.3, 0.4) is 0 Å². The van der Waals surface area contributed by atoms with Gasteiger partial charge in [0.15, 0.2) is 0 Å². The molecule has 0 amide bonds. The summed E-state index contributed by atoms with van der Waals surface area (Å²) in [6, 6.07) is 16.2. The van der Waals surface area contributed by atoms with E-state index in [0.29, 0.717) is 0 Å². The van der Waals surface area contributed by atoms with Gasteiger partial charge < -0.3 is 0 Å². The van der Waals surface area contributed by atoms with Gasteiger partial charge in [-0.1, -0.05) is 76.9 Å². The molecule has 0 atom stereocenters. The van der Waals surface area contributed by atoms with E-state index in [1.807, 2.05) is 0 Å². The molecule has 3 aromatic rings. The predicted octanol–water partition coefficient (Wildman–Crippen LogP) is 7.15. The molecule has 130 valence electrons. The van der Waals surface area contributed by atoms with E-state index in [1.54, 1.807) is 0 Å². The maximum Gasteiger partial charge on any atom is 0 e. The van der Waals surface area contributed by atoms with Crippen LogP contribution in [0.5, 0.6) is 0 Å². The zero-order valence-electron chi connectivity index (χ0n) is 15.4. The van der Waals surface area contributed by atoms with Crippen molar-refractivity contribution in [3.63, 3.8) is 0 Å². The third kappa shape index (κ3) is 4.48. The molecule has 0 nitrogen and oxygen atoms in total. The molecule has 0 aliphatic carbocycles. The number of hydrogen-bond acceptors (Lipinski definition) is 0. The SMILES string of the molecule is CC(C)(C)c1ccc2c(c1)[cH-]c1cc(C(C)(C)C)ccc12.Cl.Cl.[Zr]. The summed E-state index contributed by atoms with van der Waals surface area (Å²) in [4.78, 5) is 0. The van der Waals surface area contributed by atoms with Gasteiger partial charge in [0.05, 0.1) is 0 Å². The molecule has 0 spiro atoms. The molecule has 0 fully saturated rings. The first-order valence-corrected chi connectivity index (χ1v) is 7.80. The van der Waals surface area contributed by atoms with Gasteiger partial charge in [-0.15, -0.1) is 64.6 Å². The molecule has 24 heavy (non-hydrogen) atoms. The molecule has 3 aromatic carbocycles. The van der Waals surface area contributed by atoms with Crippen molar-refractivity contribution in [2.75, 3.05) is 0 Å². The van der Waals surface area contributed by atoms with Gasteiger partial charge in [0.25, 0.3) is 0 Å². The second kappa shape index (κ2) is 7.98. The summed E-state index contributed by atoms with van der Waals surface area (Å²) in [6.45, 7) is 13.6. The first-order valence-electron chi connectivity index (χ1n) is 7.80. The molecule has 0 saturated heterocycles. The van der Waals surface area contributed by atoms with E-state index in [-0.39, 0.29) is 61.8 Å². The zero-order valence-corrected chi connectivity index (χ0v) is 19.4.